The molecule has 2 aromatic rings. The molecular weight excluding hydrogens is 230 g/mol. The maximum atomic E-state index is 3.90. The van der Waals surface area contributed by atoms with Crippen LogP contribution < -0.4 is 0 Å². The summed E-state index contributed by atoms with van der Waals surface area (Å²) in [6.45, 7) is 6.11. The van der Waals surface area contributed by atoms with Crippen molar-refractivity contribution in [2.45, 2.75) is 6.04 Å². The van der Waals surface area contributed by atoms with E-state index in [1.165, 1.54) is 11.1 Å². The second-order valence-corrected chi connectivity index (χ2v) is 5.17. The van der Waals surface area contributed by atoms with Crippen LogP contribution in [0.1, 0.15) is 17.2 Å². The van der Waals surface area contributed by atoms with Gasteiger partial charge in [-0.25, -0.2) is 0 Å². The molecule has 0 spiro atoms. The van der Waals surface area contributed by atoms with E-state index >= 15 is 0 Å². The standard InChI is InChI=1S/C18H19N/c1-2-15-13-19(14-15)18(16-9-5-3-6-10-16)17-11-7-4-8-12-17/h2-12,15,18H,1,13-14H2. The molecule has 0 atom stereocenters. The zero-order valence-electron chi connectivity index (χ0n) is 11.1. The van der Waals surface area contributed by atoms with Crippen LogP contribution in [0.4, 0.5) is 0 Å². The zero-order valence-corrected chi connectivity index (χ0v) is 11.1. The molecule has 0 N–H and O–H groups in total. The average molecular weight is 249 g/mol. The summed E-state index contributed by atoms with van der Waals surface area (Å²) in [5.74, 6) is 0.648. The van der Waals surface area contributed by atoms with Gasteiger partial charge in [0.15, 0.2) is 0 Å². The van der Waals surface area contributed by atoms with Crippen molar-refractivity contribution in [2.75, 3.05) is 13.1 Å². The summed E-state index contributed by atoms with van der Waals surface area (Å²) in [6, 6.07) is 21.9. The van der Waals surface area contributed by atoms with Gasteiger partial charge in [0, 0.05) is 19.0 Å². The number of benzene rings is 2. The van der Waals surface area contributed by atoms with Gasteiger partial charge in [-0.3, -0.25) is 4.90 Å². The molecule has 1 aliphatic rings. The van der Waals surface area contributed by atoms with Crippen molar-refractivity contribution in [1.82, 2.24) is 4.90 Å². The fourth-order valence-corrected chi connectivity index (χ4v) is 2.79. The molecule has 0 saturated carbocycles. The first kappa shape index (κ1) is 12.2. The lowest BCUT2D eigenvalue weighted by Gasteiger charge is -2.43. The van der Waals surface area contributed by atoms with Crippen LogP contribution in [-0.4, -0.2) is 18.0 Å². The summed E-state index contributed by atoms with van der Waals surface area (Å²) >= 11 is 0. The van der Waals surface area contributed by atoms with Gasteiger partial charge < -0.3 is 0 Å². The van der Waals surface area contributed by atoms with Crippen molar-refractivity contribution in [1.29, 1.82) is 0 Å². The second-order valence-electron chi connectivity index (χ2n) is 5.17. The molecule has 0 unspecified atom stereocenters. The Kier molecular flexibility index (Phi) is 3.47. The molecule has 0 aliphatic carbocycles. The highest BCUT2D eigenvalue weighted by molar-refractivity contribution is 5.32. The number of rotatable bonds is 4. The van der Waals surface area contributed by atoms with Crippen LogP contribution in [0, 0.1) is 5.92 Å². The molecule has 3 rings (SSSR count). The van der Waals surface area contributed by atoms with Gasteiger partial charge in [0.25, 0.3) is 0 Å². The fraction of sp³-hybridized carbons (Fsp3) is 0.222. The molecule has 1 aliphatic heterocycles. The maximum absolute atomic E-state index is 3.90. The normalized spacial score (nSPS) is 16.3. The second kappa shape index (κ2) is 5.41. The average Bonchev–Trinajstić information content (AvgIpc) is 2.44. The molecule has 1 saturated heterocycles. The van der Waals surface area contributed by atoms with Crippen LogP contribution in [0.5, 0.6) is 0 Å². The Bertz CT molecular complexity index is 487. The van der Waals surface area contributed by atoms with Gasteiger partial charge in [0.05, 0.1) is 6.04 Å². The molecule has 0 bridgehead atoms. The van der Waals surface area contributed by atoms with E-state index in [1.807, 2.05) is 0 Å². The van der Waals surface area contributed by atoms with Gasteiger partial charge >= 0.3 is 0 Å². The van der Waals surface area contributed by atoms with Crippen molar-refractivity contribution >= 4 is 0 Å². The van der Waals surface area contributed by atoms with Crippen molar-refractivity contribution in [3.05, 3.63) is 84.4 Å². The van der Waals surface area contributed by atoms with Crippen LogP contribution >= 0.6 is 0 Å². The number of nitrogens with zero attached hydrogens (tertiary/aromatic N) is 1. The van der Waals surface area contributed by atoms with E-state index in [4.69, 9.17) is 0 Å². The lowest BCUT2D eigenvalue weighted by atomic mass is 9.90. The van der Waals surface area contributed by atoms with E-state index in [0.29, 0.717) is 12.0 Å². The summed E-state index contributed by atoms with van der Waals surface area (Å²) in [6.07, 6.45) is 2.07. The quantitative estimate of drug-likeness (QED) is 0.743. The zero-order chi connectivity index (χ0) is 13.1. The van der Waals surface area contributed by atoms with Gasteiger partial charge in [0.2, 0.25) is 0 Å². The van der Waals surface area contributed by atoms with Crippen LogP contribution in [0.25, 0.3) is 0 Å². The maximum Gasteiger partial charge on any atom is 0.0602 e. The largest absolute Gasteiger partial charge is 0.291 e. The third-order valence-corrected chi connectivity index (χ3v) is 3.87. The Morgan fingerprint density at radius 1 is 0.895 bits per heavy atom. The van der Waals surface area contributed by atoms with E-state index in [2.05, 4.69) is 78.2 Å². The monoisotopic (exact) mass is 249 g/mol. The molecule has 96 valence electrons. The number of hydrogen-bond acceptors (Lipinski definition) is 1. The molecule has 0 aromatic heterocycles. The first-order valence-electron chi connectivity index (χ1n) is 6.85. The predicted molar refractivity (Wildman–Crippen MR) is 80.0 cm³/mol. The summed E-state index contributed by atoms with van der Waals surface area (Å²) in [4.78, 5) is 2.52. The summed E-state index contributed by atoms with van der Waals surface area (Å²) in [5, 5.41) is 0. The number of hydrogen-bond donors (Lipinski definition) is 0. The van der Waals surface area contributed by atoms with E-state index < -0.39 is 0 Å². The van der Waals surface area contributed by atoms with Crippen molar-refractivity contribution in [3.63, 3.8) is 0 Å². The van der Waals surface area contributed by atoms with Gasteiger partial charge in [-0.05, 0) is 11.1 Å². The van der Waals surface area contributed by atoms with E-state index in [0.717, 1.165) is 13.1 Å². The molecule has 0 radical (unpaired) electrons. The molecule has 19 heavy (non-hydrogen) atoms. The molecule has 1 heterocycles. The molecule has 2 aromatic carbocycles. The molecule has 0 amide bonds. The van der Waals surface area contributed by atoms with Crippen LogP contribution in [0.2, 0.25) is 0 Å². The predicted octanol–water partition coefficient (Wildman–Crippen LogP) is 3.89. The lowest BCUT2D eigenvalue weighted by Crippen LogP contribution is -2.47. The van der Waals surface area contributed by atoms with E-state index in [-0.39, 0.29) is 0 Å². The van der Waals surface area contributed by atoms with Crippen molar-refractivity contribution in [3.8, 4) is 0 Å². The third-order valence-electron chi connectivity index (χ3n) is 3.87. The highest BCUT2D eigenvalue weighted by Gasteiger charge is 2.32. The third kappa shape index (κ3) is 2.47. The molecule has 1 fully saturated rings. The van der Waals surface area contributed by atoms with Crippen LogP contribution in [-0.2, 0) is 0 Å². The van der Waals surface area contributed by atoms with Gasteiger partial charge in [0.1, 0.15) is 0 Å². The number of likely N-dealkylation sites (tertiary alicyclic amines) is 1. The topological polar surface area (TPSA) is 3.24 Å². The van der Waals surface area contributed by atoms with Crippen LogP contribution in [0.15, 0.2) is 73.3 Å². The minimum absolute atomic E-state index is 0.374. The molecule has 1 nitrogen and oxygen atoms in total. The van der Waals surface area contributed by atoms with Crippen molar-refractivity contribution < 1.29 is 0 Å². The minimum atomic E-state index is 0.374. The fourth-order valence-electron chi connectivity index (χ4n) is 2.79. The first-order chi connectivity index (χ1) is 9.38. The van der Waals surface area contributed by atoms with E-state index in [1.54, 1.807) is 0 Å². The highest BCUT2D eigenvalue weighted by Crippen LogP contribution is 2.34. The minimum Gasteiger partial charge on any atom is -0.291 e. The Morgan fingerprint density at radius 3 is 1.79 bits per heavy atom. The highest BCUT2D eigenvalue weighted by atomic mass is 15.2. The SMILES string of the molecule is C=CC1CN(C(c2ccccc2)c2ccccc2)C1. The van der Waals surface area contributed by atoms with Gasteiger partial charge in [-0.1, -0.05) is 66.7 Å². The Morgan fingerprint density at radius 2 is 1.37 bits per heavy atom. The van der Waals surface area contributed by atoms with Crippen LogP contribution in [0.3, 0.4) is 0 Å². The molecule has 1 heteroatoms. The van der Waals surface area contributed by atoms with E-state index in [9.17, 15) is 0 Å². The van der Waals surface area contributed by atoms with Gasteiger partial charge in [-0.15, -0.1) is 6.58 Å². The Labute approximate surface area is 115 Å². The van der Waals surface area contributed by atoms with Crippen molar-refractivity contribution in [2.24, 2.45) is 5.92 Å². The lowest BCUT2D eigenvalue weighted by molar-refractivity contribution is 0.0955. The smallest absolute Gasteiger partial charge is 0.0602 e. The Balaban J connectivity index is 1.91. The van der Waals surface area contributed by atoms with Gasteiger partial charge in [-0.2, -0.15) is 0 Å². The summed E-state index contributed by atoms with van der Waals surface area (Å²) in [7, 11) is 0. The molecular formula is C18H19N. The Hall–Kier alpha value is -1.86. The summed E-state index contributed by atoms with van der Waals surface area (Å²) < 4.78 is 0. The first-order valence-corrected chi connectivity index (χ1v) is 6.85. The summed E-state index contributed by atoms with van der Waals surface area (Å²) in [5.41, 5.74) is 2.74.